The van der Waals surface area contributed by atoms with E-state index < -0.39 is 0 Å². The van der Waals surface area contributed by atoms with Gasteiger partial charge in [-0.1, -0.05) is 13.8 Å². The molecule has 0 unspecified atom stereocenters. The van der Waals surface area contributed by atoms with Crippen molar-refractivity contribution in [2.75, 3.05) is 7.05 Å². The van der Waals surface area contributed by atoms with E-state index in [1.165, 1.54) is 6.92 Å². The molecular formula is C9H17NO2. The number of Topliss-reactive ketones (excluding diaryl/α,β-unsaturated/α-hetero) is 2. The van der Waals surface area contributed by atoms with E-state index in [4.69, 9.17) is 0 Å². The molecule has 0 aliphatic rings. The summed E-state index contributed by atoms with van der Waals surface area (Å²) in [6.07, 6.45) is 0.717. The number of carbonyl (C=O) groups excluding carboxylic acids is 2. The van der Waals surface area contributed by atoms with E-state index in [9.17, 15) is 9.59 Å². The van der Waals surface area contributed by atoms with Crippen LogP contribution in [-0.4, -0.2) is 24.7 Å². The van der Waals surface area contributed by atoms with Gasteiger partial charge in [-0.25, -0.2) is 0 Å². The van der Waals surface area contributed by atoms with E-state index in [2.05, 4.69) is 5.32 Å². The average Bonchev–Trinajstić information content (AvgIpc) is 1.98. The van der Waals surface area contributed by atoms with Gasteiger partial charge in [0.1, 0.15) is 0 Å². The maximum atomic E-state index is 11.2. The van der Waals surface area contributed by atoms with Crippen LogP contribution in [0.2, 0.25) is 0 Å². The zero-order chi connectivity index (χ0) is 9.72. The molecule has 0 aromatic rings. The molecule has 0 aliphatic heterocycles. The maximum Gasteiger partial charge on any atom is 0.214 e. The highest BCUT2D eigenvalue weighted by Gasteiger charge is 2.20. The number of hydrogen-bond donors (Lipinski definition) is 1. The second-order valence-electron chi connectivity index (χ2n) is 3.39. The highest BCUT2D eigenvalue weighted by Crippen LogP contribution is 2.05. The molecule has 0 heterocycles. The van der Waals surface area contributed by atoms with Gasteiger partial charge >= 0.3 is 0 Å². The summed E-state index contributed by atoms with van der Waals surface area (Å²) in [5.41, 5.74) is 0. The Balaban J connectivity index is 4.15. The van der Waals surface area contributed by atoms with Gasteiger partial charge in [0.15, 0.2) is 5.78 Å². The molecule has 0 aromatic carbocycles. The molecular weight excluding hydrogens is 154 g/mol. The molecule has 0 aromatic heterocycles. The van der Waals surface area contributed by atoms with E-state index in [-0.39, 0.29) is 17.6 Å². The van der Waals surface area contributed by atoms with Crippen molar-refractivity contribution in [3.05, 3.63) is 0 Å². The lowest BCUT2D eigenvalue weighted by Gasteiger charge is -2.14. The van der Waals surface area contributed by atoms with Crippen LogP contribution >= 0.6 is 0 Å². The van der Waals surface area contributed by atoms with E-state index in [0.29, 0.717) is 5.92 Å². The predicted octanol–water partition coefficient (Wildman–Crippen LogP) is 0.779. The Morgan fingerprint density at radius 1 is 1.33 bits per heavy atom. The monoisotopic (exact) mass is 171 g/mol. The summed E-state index contributed by atoms with van der Waals surface area (Å²) < 4.78 is 0. The van der Waals surface area contributed by atoms with Gasteiger partial charge in [-0.2, -0.15) is 0 Å². The van der Waals surface area contributed by atoms with E-state index in [0.717, 1.165) is 6.42 Å². The van der Waals surface area contributed by atoms with Crippen molar-refractivity contribution in [2.45, 2.75) is 33.2 Å². The van der Waals surface area contributed by atoms with Gasteiger partial charge in [0.2, 0.25) is 5.78 Å². The third-order valence-corrected chi connectivity index (χ3v) is 1.72. The van der Waals surface area contributed by atoms with E-state index >= 15 is 0 Å². The normalized spacial score (nSPS) is 13.1. The lowest BCUT2D eigenvalue weighted by molar-refractivity contribution is -0.136. The Kier molecular flexibility index (Phi) is 4.74. The fraction of sp³-hybridized carbons (Fsp3) is 0.778. The zero-order valence-corrected chi connectivity index (χ0v) is 8.18. The topological polar surface area (TPSA) is 46.2 Å². The summed E-state index contributed by atoms with van der Waals surface area (Å²) >= 11 is 0. The molecule has 70 valence electrons. The summed E-state index contributed by atoms with van der Waals surface area (Å²) in [7, 11) is 1.70. The number of nitrogens with one attached hydrogen (secondary N) is 1. The van der Waals surface area contributed by atoms with Crippen LogP contribution < -0.4 is 5.32 Å². The average molecular weight is 171 g/mol. The Bertz CT molecular complexity index is 175. The van der Waals surface area contributed by atoms with E-state index in [1.54, 1.807) is 7.05 Å². The van der Waals surface area contributed by atoms with Gasteiger partial charge in [0.05, 0.1) is 6.04 Å². The Morgan fingerprint density at radius 2 is 1.83 bits per heavy atom. The van der Waals surface area contributed by atoms with Crippen LogP contribution in [0.5, 0.6) is 0 Å². The van der Waals surface area contributed by atoms with Gasteiger partial charge in [0.25, 0.3) is 0 Å². The van der Waals surface area contributed by atoms with Gasteiger partial charge < -0.3 is 5.32 Å². The summed E-state index contributed by atoms with van der Waals surface area (Å²) in [5, 5.41) is 2.84. The van der Waals surface area contributed by atoms with E-state index in [1.807, 2.05) is 13.8 Å². The molecule has 0 spiro atoms. The summed E-state index contributed by atoms with van der Waals surface area (Å²) in [6.45, 7) is 5.36. The molecule has 0 saturated heterocycles. The fourth-order valence-electron chi connectivity index (χ4n) is 1.07. The van der Waals surface area contributed by atoms with Crippen molar-refractivity contribution in [3.63, 3.8) is 0 Å². The van der Waals surface area contributed by atoms with Gasteiger partial charge in [0, 0.05) is 6.92 Å². The molecule has 0 radical (unpaired) electrons. The van der Waals surface area contributed by atoms with Gasteiger partial charge in [-0.3, -0.25) is 9.59 Å². The molecule has 0 saturated carbocycles. The number of rotatable bonds is 5. The minimum atomic E-state index is -0.366. The van der Waals surface area contributed by atoms with Crippen molar-refractivity contribution in [3.8, 4) is 0 Å². The highest BCUT2D eigenvalue weighted by molar-refractivity contribution is 6.38. The maximum absolute atomic E-state index is 11.2. The minimum absolute atomic E-state index is 0.303. The fourth-order valence-corrected chi connectivity index (χ4v) is 1.07. The minimum Gasteiger partial charge on any atom is -0.310 e. The first-order valence-electron chi connectivity index (χ1n) is 4.21. The first-order chi connectivity index (χ1) is 5.49. The van der Waals surface area contributed by atoms with Crippen molar-refractivity contribution >= 4 is 11.6 Å². The number of likely N-dealkylation sites (N-methyl/N-ethyl adjacent to an activating group) is 1. The molecule has 12 heavy (non-hydrogen) atoms. The molecule has 3 nitrogen and oxygen atoms in total. The molecule has 0 amide bonds. The summed E-state index contributed by atoms with van der Waals surface area (Å²) in [6, 6.07) is -0.303. The largest absolute Gasteiger partial charge is 0.310 e. The molecule has 0 aliphatic carbocycles. The lowest BCUT2D eigenvalue weighted by Crippen LogP contribution is -2.38. The lowest BCUT2D eigenvalue weighted by atomic mass is 9.99. The molecule has 0 bridgehead atoms. The Morgan fingerprint density at radius 3 is 2.08 bits per heavy atom. The molecule has 1 atom stereocenters. The second kappa shape index (κ2) is 5.04. The van der Waals surface area contributed by atoms with Crippen LogP contribution in [0.15, 0.2) is 0 Å². The van der Waals surface area contributed by atoms with Crippen LogP contribution in [0.3, 0.4) is 0 Å². The molecule has 3 heteroatoms. The van der Waals surface area contributed by atoms with Crippen molar-refractivity contribution in [1.82, 2.24) is 5.32 Å². The molecule has 0 fully saturated rings. The van der Waals surface area contributed by atoms with Crippen molar-refractivity contribution < 1.29 is 9.59 Å². The number of hydrogen-bond acceptors (Lipinski definition) is 3. The third-order valence-electron chi connectivity index (χ3n) is 1.72. The van der Waals surface area contributed by atoms with Gasteiger partial charge in [-0.05, 0) is 19.4 Å². The van der Waals surface area contributed by atoms with Crippen LogP contribution in [0.4, 0.5) is 0 Å². The Labute approximate surface area is 73.5 Å². The van der Waals surface area contributed by atoms with Crippen LogP contribution in [0.1, 0.15) is 27.2 Å². The predicted molar refractivity (Wildman–Crippen MR) is 48.0 cm³/mol. The Hall–Kier alpha value is -0.700. The first kappa shape index (κ1) is 11.3. The number of ketones is 2. The smallest absolute Gasteiger partial charge is 0.214 e. The molecule has 1 N–H and O–H groups in total. The first-order valence-corrected chi connectivity index (χ1v) is 4.21. The van der Waals surface area contributed by atoms with Crippen molar-refractivity contribution in [1.29, 1.82) is 0 Å². The van der Waals surface area contributed by atoms with Crippen LogP contribution in [-0.2, 0) is 9.59 Å². The van der Waals surface area contributed by atoms with Gasteiger partial charge in [-0.15, -0.1) is 0 Å². The highest BCUT2D eigenvalue weighted by atomic mass is 16.2. The second-order valence-corrected chi connectivity index (χ2v) is 3.39. The van der Waals surface area contributed by atoms with Crippen molar-refractivity contribution in [2.24, 2.45) is 5.92 Å². The quantitative estimate of drug-likeness (QED) is 0.622. The summed E-state index contributed by atoms with van der Waals surface area (Å²) in [4.78, 5) is 21.9. The van der Waals surface area contributed by atoms with Crippen LogP contribution in [0, 0.1) is 5.92 Å². The summed E-state index contributed by atoms with van der Waals surface area (Å²) in [5.74, 6) is -0.257. The SMILES string of the molecule is CN[C@@H](CC(C)C)C(=O)C(C)=O. The standard InChI is InChI=1S/C9H17NO2/c1-6(2)5-8(10-4)9(12)7(3)11/h6,8,10H,5H2,1-4H3/t8-/m0/s1. The zero-order valence-electron chi connectivity index (χ0n) is 8.18. The van der Waals surface area contributed by atoms with Crippen LogP contribution in [0.25, 0.3) is 0 Å². The molecule has 0 rings (SSSR count). The number of carbonyl (C=O) groups is 2. The third kappa shape index (κ3) is 3.62.